The van der Waals surface area contributed by atoms with Gasteiger partial charge < -0.3 is 14.9 Å². The number of aliphatic hydroxyl groups is 2. The van der Waals surface area contributed by atoms with Crippen molar-refractivity contribution < 1.29 is 29.3 Å². The zero-order valence-corrected chi connectivity index (χ0v) is 19.0. The maximum Gasteiger partial charge on any atom is 0.306 e. The van der Waals surface area contributed by atoms with Gasteiger partial charge in [-0.25, -0.2) is 0 Å². The molecule has 172 valence electrons. The van der Waals surface area contributed by atoms with Gasteiger partial charge in [0.25, 0.3) is 0 Å². The number of hydrogen-bond donors (Lipinski definition) is 2. The molecule has 0 heterocycles. The summed E-state index contributed by atoms with van der Waals surface area (Å²) < 4.78 is 5.92. The number of ketones is 2. The lowest BCUT2D eigenvalue weighted by atomic mass is 9.45. The van der Waals surface area contributed by atoms with E-state index in [-0.39, 0.29) is 35.4 Å². The van der Waals surface area contributed by atoms with Crippen LogP contribution in [0.5, 0.6) is 0 Å². The van der Waals surface area contributed by atoms with Crippen LogP contribution in [0.1, 0.15) is 78.6 Å². The number of ether oxygens (including phenoxy) is 1. The molecule has 31 heavy (non-hydrogen) atoms. The molecule has 0 amide bonds. The molecule has 4 rings (SSSR count). The zero-order valence-electron chi connectivity index (χ0n) is 19.0. The van der Waals surface area contributed by atoms with Crippen LogP contribution in [0.4, 0.5) is 0 Å². The normalized spacial score (nSPS) is 44.0. The fourth-order valence-electron chi connectivity index (χ4n) is 7.94. The van der Waals surface area contributed by atoms with E-state index < -0.39 is 35.5 Å². The van der Waals surface area contributed by atoms with Crippen molar-refractivity contribution in [2.24, 2.45) is 28.6 Å². The maximum absolute atomic E-state index is 13.1. The van der Waals surface area contributed by atoms with Gasteiger partial charge in [0, 0.05) is 18.3 Å². The molecular weight excluding hydrogens is 396 g/mol. The van der Waals surface area contributed by atoms with Crippen LogP contribution < -0.4 is 0 Å². The van der Waals surface area contributed by atoms with Gasteiger partial charge in [-0.15, -0.1) is 0 Å². The van der Waals surface area contributed by atoms with Gasteiger partial charge in [0.05, 0.1) is 6.10 Å². The molecule has 1 unspecified atom stereocenters. The molecule has 0 saturated heterocycles. The molecule has 0 aromatic rings. The van der Waals surface area contributed by atoms with Gasteiger partial charge in [0.2, 0.25) is 5.78 Å². The second-order valence-corrected chi connectivity index (χ2v) is 10.7. The molecule has 7 atom stereocenters. The number of hydrogen-bond acceptors (Lipinski definition) is 6. The molecule has 0 aromatic carbocycles. The van der Waals surface area contributed by atoms with Gasteiger partial charge in [0.1, 0.15) is 6.61 Å². The van der Waals surface area contributed by atoms with Crippen LogP contribution in [0.15, 0.2) is 11.6 Å². The van der Waals surface area contributed by atoms with Crippen LogP contribution in [0.25, 0.3) is 0 Å². The van der Waals surface area contributed by atoms with Crippen LogP contribution >= 0.6 is 0 Å². The second-order valence-electron chi connectivity index (χ2n) is 10.7. The first-order valence-corrected chi connectivity index (χ1v) is 11.9. The van der Waals surface area contributed by atoms with Gasteiger partial charge in [-0.05, 0) is 74.2 Å². The van der Waals surface area contributed by atoms with Crippen LogP contribution in [0, 0.1) is 28.6 Å². The Bertz CT molecular complexity index is 817. The number of esters is 1. The first-order valence-electron chi connectivity index (χ1n) is 11.9. The highest BCUT2D eigenvalue weighted by molar-refractivity contribution is 5.92. The van der Waals surface area contributed by atoms with E-state index in [4.69, 9.17) is 4.74 Å². The van der Waals surface area contributed by atoms with E-state index in [9.17, 15) is 24.6 Å². The Balaban J connectivity index is 1.73. The fourth-order valence-corrected chi connectivity index (χ4v) is 7.94. The van der Waals surface area contributed by atoms with E-state index in [1.54, 1.807) is 6.08 Å². The summed E-state index contributed by atoms with van der Waals surface area (Å²) in [7, 11) is 0. The molecule has 0 spiro atoms. The van der Waals surface area contributed by atoms with Crippen molar-refractivity contribution >= 4 is 17.5 Å². The smallest absolute Gasteiger partial charge is 0.306 e. The van der Waals surface area contributed by atoms with Crippen molar-refractivity contribution in [1.29, 1.82) is 0 Å². The predicted molar refractivity (Wildman–Crippen MR) is 114 cm³/mol. The number of Topliss-reactive ketones (excluding diaryl/α,β-unsaturated/α-hetero) is 1. The molecule has 0 aliphatic heterocycles. The highest BCUT2D eigenvalue weighted by atomic mass is 16.6. The minimum atomic E-state index is -1.37. The van der Waals surface area contributed by atoms with Crippen LogP contribution in [-0.2, 0) is 19.1 Å². The molecule has 0 aromatic heterocycles. The third kappa shape index (κ3) is 3.16. The Morgan fingerprint density at radius 1 is 1.19 bits per heavy atom. The average Bonchev–Trinajstić information content (AvgIpc) is 3.00. The first-order chi connectivity index (χ1) is 14.6. The van der Waals surface area contributed by atoms with Crippen molar-refractivity contribution in [3.05, 3.63) is 11.6 Å². The standard InChI is InChI=1S/C25H36O6/c1-4-5-21(30)31-25(20(29)14-26)11-9-18-17-7-6-15-12-16(27)8-10-23(15,2)22(17)19(28)13-24(18,25)3/h12,17-19,22,26,28H,4-11,13-14H2,1-3H3/t17?,18-,19-,22+,23-,24-,25-/m0/s1. The Labute approximate surface area is 184 Å². The molecule has 4 aliphatic carbocycles. The average molecular weight is 433 g/mol. The number of carbonyl (C=O) groups is 3. The van der Waals surface area contributed by atoms with Crippen molar-refractivity contribution in [1.82, 2.24) is 0 Å². The van der Waals surface area contributed by atoms with E-state index in [1.807, 2.05) is 13.8 Å². The minimum Gasteiger partial charge on any atom is -0.450 e. The van der Waals surface area contributed by atoms with Crippen LogP contribution in [-0.4, -0.2) is 46.1 Å². The number of rotatable bonds is 5. The predicted octanol–water partition coefficient (Wildman–Crippen LogP) is 3.13. The van der Waals surface area contributed by atoms with Gasteiger partial charge in [0.15, 0.2) is 11.4 Å². The highest BCUT2D eigenvalue weighted by Crippen LogP contribution is 2.68. The monoisotopic (exact) mass is 432 g/mol. The molecule has 3 fully saturated rings. The SMILES string of the molecule is CCCC(=O)O[C@]1(C(=O)CO)CC[C@H]2C3CCC4=CC(=O)CC[C@]4(C)[C@H]3[C@@H](O)C[C@@]21C. The molecule has 2 N–H and O–H groups in total. The summed E-state index contributed by atoms with van der Waals surface area (Å²) in [5, 5.41) is 21.3. The van der Waals surface area contributed by atoms with E-state index in [0.717, 1.165) is 31.3 Å². The molecule has 0 bridgehead atoms. The van der Waals surface area contributed by atoms with Crippen LogP contribution in [0.2, 0.25) is 0 Å². The lowest BCUT2D eigenvalue weighted by molar-refractivity contribution is -0.202. The second kappa shape index (κ2) is 7.80. The Morgan fingerprint density at radius 2 is 1.94 bits per heavy atom. The number of allylic oxidation sites excluding steroid dienone is 1. The third-order valence-corrected chi connectivity index (χ3v) is 9.35. The Hall–Kier alpha value is -1.53. The van der Waals surface area contributed by atoms with E-state index in [0.29, 0.717) is 25.7 Å². The first kappa shape index (κ1) is 22.7. The molecule has 6 nitrogen and oxygen atoms in total. The van der Waals surface area contributed by atoms with Gasteiger partial charge in [-0.2, -0.15) is 0 Å². The lowest BCUT2D eigenvalue weighted by Crippen LogP contribution is -2.63. The van der Waals surface area contributed by atoms with E-state index in [2.05, 4.69) is 6.92 Å². The molecule has 6 heteroatoms. The Morgan fingerprint density at radius 3 is 2.61 bits per heavy atom. The minimum absolute atomic E-state index is 0.0325. The van der Waals surface area contributed by atoms with Crippen molar-refractivity contribution in [3.8, 4) is 0 Å². The summed E-state index contributed by atoms with van der Waals surface area (Å²) >= 11 is 0. The van der Waals surface area contributed by atoms with Gasteiger partial charge in [-0.3, -0.25) is 14.4 Å². The Kier molecular flexibility index (Phi) is 5.70. The summed E-state index contributed by atoms with van der Waals surface area (Å²) in [6.45, 7) is 5.39. The number of carbonyl (C=O) groups excluding carboxylic acids is 3. The van der Waals surface area contributed by atoms with Crippen molar-refractivity contribution in [3.63, 3.8) is 0 Å². The van der Waals surface area contributed by atoms with E-state index in [1.165, 1.54) is 0 Å². The summed E-state index contributed by atoms with van der Waals surface area (Å²) in [6.07, 6.45) is 6.48. The summed E-state index contributed by atoms with van der Waals surface area (Å²) in [5.74, 6) is -0.320. The molecule has 0 radical (unpaired) electrons. The number of fused-ring (bicyclic) bond motifs is 5. The molecule has 3 saturated carbocycles. The number of aliphatic hydroxyl groups excluding tert-OH is 2. The quantitative estimate of drug-likeness (QED) is 0.648. The third-order valence-electron chi connectivity index (χ3n) is 9.35. The van der Waals surface area contributed by atoms with Crippen molar-refractivity contribution in [2.45, 2.75) is 90.3 Å². The zero-order chi connectivity index (χ0) is 22.6. The maximum atomic E-state index is 13.1. The molecular formula is C25H36O6. The van der Waals surface area contributed by atoms with E-state index >= 15 is 0 Å². The molecule has 4 aliphatic rings. The lowest BCUT2D eigenvalue weighted by Gasteiger charge is -2.60. The fraction of sp³-hybridized carbons (Fsp3) is 0.800. The van der Waals surface area contributed by atoms with Crippen LogP contribution in [0.3, 0.4) is 0 Å². The largest absolute Gasteiger partial charge is 0.450 e. The summed E-state index contributed by atoms with van der Waals surface area (Å²) in [6, 6.07) is 0. The highest BCUT2D eigenvalue weighted by Gasteiger charge is 2.70. The summed E-state index contributed by atoms with van der Waals surface area (Å²) in [4.78, 5) is 37.6. The van der Waals surface area contributed by atoms with Gasteiger partial charge >= 0.3 is 5.97 Å². The van der Waals surface area contributed by atoms with Gasteiger partial charge in [-0.1, -0.05) is 26.3 Å². The van der Waals surface area contributed by atoms with Crippen molar-refractivity contribution in [2.75, 3.05) is 6.61 Å². The summed E-state index contributed by atoms with van der Waals surface area (Å²) in [5.41, 5.74) is -1.12. The topological polar surface area (TPSA) is 101 Å².